The quantitative estimate of drug-likeness (QED) is 0.779. The molecular weight excluding hydrogens is 251 g/mol. The number of carbonyl (C=O) groups excluding carboxylic acids is 1. The van der Waals surface area contributed by atoms with Gasteiger partial charge in [-0.3, -0.25) is 4.79 Å². The number of rotatable bonds is 4. The summed E-state index contributed by atoms with van der Waals surface area (Å²) >= 11 is 3.02. The molecule has 0 saturated heterocycles. The highest BCUT2D eigenvalue weighted by atomic mass is 79.9. The van der Waals surface area contributed by atoms with E-state index in [-0.39, 0.29) is 17.8 Å². The largest absolute Gasteiger partial charge is 0.384 e. The van der Waals surface area contributed by atoms with Gasteiger partial charge in [0.25, 0.3) is 0 Å². The van der Waals surface area contributed by atoms with E-state index in [2.05, 4.69) is 15.9 Å². The molecular formula is C10H10BrFO2. The van der Waals surface area contributed by atoms with Gasteiger partial charge in [-0.05, 0) is 28.1 Å². The van der Waals surface area contributed by atoms with Crippen molar-refractivity contribution in [3.05, 3.63) is 34.1 Å². The van der Waals surface area contributed by atoms with E-state index in [1.165, 1.54) is 13.2 Å². The van der Waals surface area contributed by atoms with E-state index in [1.54, 1.807) is 12.1 Å². The molecule has 1 aromatic carbocycles. The summed E-state index contributed by atoms with van der Waals surface area (Å²) in [4.78, 5) is 11.4. The molecule has 0 spiro atoms. The molecule has 0 N–H and O–H groups in total. The van der Waals surface area contributed by atoms with Crippen molar-refractivity contribution in [3.63, 3.8) is 0 Å². The predicted molar refractivity (Wildman–Crippen MR) is 54.9 cm³/mol. The van der Waals surface area contributed by atoms with Crippen LogP contribution in [0.1, 0.15) is 16.8 Å². The highest BCUT2D eigenvalue weighted by molar-refractivity contribution is 9.10. The summed E-state index contributed by atoms with van der Waals surface area (Å²) in [7, 11) is 1.50. The van der Waals surface area contributed by atoms with Gasteiger partial charge >= 0.3 is 0 Å². The van der Waals surface area contributed by atoms with Gasteiger partial charge in [0.2, 0.25) is 0 Å². The molecule has 0 atom stereocenters. The molecule has 2 nitrogen and oxygen atoms in total. The molecule has 76 valence electrons. The molecule has 0 bridgehead atoms. The average molecular weight is 261 g/mol. The Kier molecular flexibility index (Phi) is 4.22. The first-order chi connectivity index (χ1) is 6.66. The van der Waals surface area contributed by atoms with Crippen LogP contribution in [0, 0.1) is 5.82 Å². The Labute approximate surface area is 90.2 Å². The molecule has 0 aliphatic heterocycles. The third-order valence-corrected chi connectivity index (χ3v) is 2.40. The Morgan fingerprint density at radius 1 is 1.57 bits per heavy atom. The Bertz CT molecular complexity index is 339. The van der Waals surface area contributed by atoms with Gasteiger partial charge in [0.1, 0.15) is 5.82 Å². The molecule has 1 aromatic rings. The summed E-state index contributed by atoms with van der Waals surface area (Å²) in [6.07, 6.45) is 0.198. The maximum atomic E-state index is 13.4. The van der Waals surface area contributed by atoms with Crippen molar-refractivity contribution in [3.8, 4) is 0 Å². The van der Waals surface area contributed by atoms with Gasteiger partial charge in [0.15, 0.2) is 5.78 Å². The highest BCUT2D eigenvalue weighted by Crippen LogP contribution is 2.19. The van der Waals surface area contributed by atoms with Crippen LogP contribution in [0.4, 0.5) is 4.39 Å². The minimum absolute atomic E-state index is 0.108. The lowest BCUT2D eigenvalue weighted by Gasteiger charge is -2.03. The van der Waals surface area contributed by atoms with Crippen LogP contribution >= 0.6 is 15.9 Å². The number of hydrogen-bond donors (Lipinski definition) is 0. The SMILES string of the molecule is COCCC(=O)c1cccc(Br)c1F. The van der Waals surface area contributed by atoms with Crippen molar-refractivity contribution in [2.45, 2.75) is 6.42 Å². The van der Waals surface area contributed by atoms with Crippen LogP contribution in [0.5, 0.6) is 0 Å². The molecule has 0 heterocycles. The van der Waals surface area contributed by atoms with E-state index in [4.69, 9.17) is 4.74 Å². The average Bonchev–Trinajstić information content (AvgIpc) is 2.18. The number of carbonyl (C=O) groups is 1. The molecule has 0 fully saturated rings. The van der Waals surface area contributed by atoms with Gasteiger partial charge in [-0.2, -0.15) is 0 Å². The Hall–Kier alpha value is -0.740. The Morgan fingerprint density at radius 3 is 2.93 bits per heavy atom. The summed E-state index contributed by atoms with van der Waals surface area (Å²) in [6.45, 7) is 0.310. The van der Waals surface area contributed by atoms with Crippen molar-refractivity contribution >= 4 is 21.7 Å². The van der Waals surface area contributed by atoms with Crippen LogP contribution in [-0.2, 0) is 4.74 Å². The van der Waals surface area contributed by atoms with Gasteiger partial charge in [0, 0.05) is 13.5 Å². The molecule has 0 radical (unpaired) electrons. The zero-order chi connectivity index (χ0) is 10.6. The zero-order valence-corrected chi connectivity index (χ0v) is 9.30. The van der Waals surface area contributed by atoms with Crippen molar-refractivity contribution in [1.29, 1.82) is 0 Å². The fourth-order valence-corrected chi connectivity index (χ4v) is 1.41. The fourth-order valence-electron chi connectivity index (χ4n) is 1.05. The zero-order valence-electron chi connectivity index (χ0n) is 7.72. The number of Topliss-reactive ketones (excluding diaryl/α,β-unsaturated/α-hetero) is 1. The molecule has 0 unspecified atom stereocenters. The van der Waals surface area contributed by atoms with Crippen molar-refractivity contribution in [2.75, 3.05) is 13.7 Å². The van der Waals surface area contributed by atoms with Gasteiger partial charge < -0.3 is 4.74 Å². The van der Waals surface area contributed by atoms with Crippen LogP contribution in [0.2, 0.25) is 0 Å². The normalized spacial score (nSPS) is 10.2. The lowest BCUT2D eigenvalue weighted by atomic mass is 10.1. The first-order valence-corrected chi connectivity index (χ1v) is 4.92. The molecule has 4 heteroatoms. The lowest BCUT2D eigenvalue weighted by Crippen LogP contribution is -2.06. The summed E-state index contributed by atoms with van der Waals surface area (Å²) < 4.78 is 18.4. The van der Waals surface area contributed by atoms with E-state index in [1.807, 2.05) is 0 Å². The van der Waals surface area contributed by atoms with E-state index in [0.29, 0.717) is 11.1 Å². The second kappa shape index (κ2) is 5.22. The second-order valence-electron chi connectivity index (χ2n) is 2.77. The maximum absolute atomic E-state index is 13.4. The molecule has 1 rings (SSSR count). The van der Waals surface area contributed by atoms with Gasteiger partial charge in [-0.1, -0.05) is 6.07 Å². The summed E-state index contributed by atoms with van der Waals surface area (Å²) in [6, 6.07) is 4.66. The smallest absolute Gasteiger partial charge is 0.168 e. The standard InChI is InChI=1S/C10H10BrFO2/c1-14-6-5-9(13)7-3-2-4-8(11)10(7)12/h2-4H,5-6H2,1H3. The summed E-state index contributed by atoms with van der Waals surface area (Å²) in [5.41, 5.74) is 0.108. The topological polar surface area (TPSA) is 26.3 Å². The van der Waals surface area contributed by atoms with Crippen molar-refractivity contribution in [2.24, 2.45) is 0 Å². The van der Waals surface area contributed by atoms with Crippen molar-refractivity contribution in [1.82, 2.24) is 0 Å². The van der Waals surface area contributed by atoms with E-state index < -0.39 is 5.82 Å². The van der Waals surface area contributed by atoms with E-state index >= 15 is 0 Å². The first kappa shape index (κ1) is 11.3. The van der Waals surface area contributed by atoms with Crippen LogP contribution in [-0.4, -0.2) is 19.5 Å². The fraction of sp³-hybridized carbons (Fsp3) is 0.300. The van der Waals surface area contributed by atoms with Crippen LogP contribution in [0.25, 0.3) is 0 Å². The van der Waals surface area contributed by atoms with E-state index in [9.17, 15) is 9.18 Å². The molecule has 0 aliphatic rings. The Morgan fingerprint density at radius 2 is 2.29 bits per heavy atom. The number of hydrogen-bond acceptors (Lipinski definition) is 2. The van der Waals surface area contributed by atoms with Crippen LogP contribution in [0.15, 0.2) is 22.7 Å². The van der Waals surface area contributed by atoms with Crippen molar-refractivity contribution < 1.29 is 13.9 Å². The third kappa shape index (κ3) is 2.62. The third-order valence-electron chi connectivity index (χ3n) is 1.79. The van der Waals surface area contributed by atoms with Gasteiger partial charge in [-0.15, -0.1) is 0 Å². The molecule has 0 saturated carbocycles. The maximum Gasteiger partial charge on any atom is 0.168 e. The van der Waals surface area contributed by atoms with Gasteiger partial charge in [-0.25, -0.2) is 4.39 Å². The highest BCUT2D eigenvalue weighted by Gasteiger charge is 2.12. The molecule has 14 heavy (non-hydrogen) atoms. The Balaban J connectivity index is 2.84. The first-order valence-electron chi connectivity index (χ1n) is 4.13. The van der Waals surface area contributed by atoms with E-state index in [0.717, 1.165) is 0 Å². The van der Waals surface area contributed by atoms with Crippen LogP contribution in [0.3, 0.4) is 0 Å². The predicted octanol–water partition coefficient (Wildman–Crippen LogP) is 2.81. The molecule has 0 aromatic heterocycles. The number of halogens is 2. The minimum Gasteiger partial charge on any atom is -0.384 e. The number of ether oxygens (including phenoxy) is 1. The monoisotopic (exact) mass is 260 g/mol. The molecule has 0 aliphatic carbocycles. The summed E-state index contributed by atoms with van der Waals surface area (Å²) in [5, 5.41) is 0. The number of methoxy groups -OCH3 is 1. The molecule has 0 amide bonds. The minimum atomic E-state index is -0.506. The van der Waals surface area contributed by atoms with Crippen LogP contribution < -0.4 is 0 Å². The second-order valence-corrected chi connectivity index (χ2v) is 3.62. The number of benzene rings is 1. The summed E-state index contributed by atoms with van der Waals surface area (Å²) in [5.74, 6) is -0.751. The van der Waals surface area contributed by atoms with Gasteiger partial charge in [0.05, 0.1) is 16.6 Å². The number of ketones is 1. The lowest BCUT2D eigenvalue weighted by molar-refractivity contribution is 0.0928.